The van der Waals surface area contributed by atoms with Crippen molar-refractivity contribution in [2.24, 2.45) is 7.05 Å². The van der Waals surface area contributed by atoms with E-state index in [9.17, 15) is 9.18 Å². The molecule has 0 aliphatic carbocycles. The normalized spacial score (nSPS) is 18.5. The van der Waals surface area contributed by atoms with Gasteiger partial charge in [-0.25, -0.2) is 4.39 Å². The Hall–Kier alpha value is -1.95. The number of carbonyl (C=O) groups is 1. The molecule has 1 aromatic carbocycles. The van der Waals surface area contributed by atoms with E-state index in [1.807, 2.05) is 11.6 Å². The van der Waals surface area contributed by atoms with E-state index in [0.29, 0.717) is 18.1 Å². The molecule has 0 bridgehead atoms. The second-order valence-electron chi connectivity index (χ2n) is 5.51. The van der Waals surface area contributed by atoms with Crippen LogP contribution in [0.4, 0.5) is 4.39 Å². The maximum Gasteiger partial charge on any atom is 0.256 e. The molecule has 2 aromatic rings. The predicted octanol–water partition coefficient (Wildman–Crippen LogP) is 2.63. The number of piperidine rings is 1. The van der Waals surface area contributed by atoms with Crippen molar-refractivity contribution in [2.45, 2.75) is 18.8 Å². The summed E-state index contributed by atoms with van der Waals surface area (Å²) in [6.07, 6.45) is 3.44. The van der Waals surface area contributed by atoms with Crippen LogP contribution < -0.4 is 0 Å². The van der Waals surface area contributed by atoms with Gasteiger partial charge in [-0.1, -0.05) is 11.6 Å². The highest BCUT2D eigenvalue weighted by Crippen LogP contribution is 2.27. The molecule has 2 heterocycles. The third-order valence-electron chi connectivity index (χ3n) is 3.98. The minimum absolute atomic E-state index is 0.0196. The standard InChI is InChI=1S/C15H16ClFN4O/c1-20-9-18-19-14(20)10-3-2-6-21(8-10)15(22)12-7-11(16)4-5-13(12)17/h4-5,7,9-10H,2-3,6,8H2,1H3. The minimum atomic E-state index is -0.546. The summed E-state index contributed by atoms with van der Waals surface area (Å²) in [5.74, 6) is 0.0959. The smallest absolute Gasteiger partial charge is 0.256 e. The molecule has 7 heteroatoms. The molecule has 5 nitrogen and oxygen atoms in total. The molecule has 1 unspecified atom stereocenters. The zero-order valence-corrected chi connectivity index (χ0v) is 12.9. The summed E-state index contributed by atoms with van der Waals surface area (Å²) >= 11 is 5.87. The predicted molar refractivity (Wildman–Crippen MR) is 80.3 cm³/mol. The Morgan fingerprint density at radius 1 is 1.45 bits per heavy atom. The molecule has 1 fully saturated rings. The van der Waals surface area contributed by atoms with E-state index < -0.39 is 5.82 Å². The summed E-state index contributed by atoms with van der Waals surface area (Å²) in [6.45, 7) is 1.12. The molecule has 0 spiro atoms. The Balaban J connectivity index is 1.81. The van der Waals surface area contributed by atoms with Crippen LogP contribution in [0.5, 0.6) is 0 Å². The van der Waals surface area contributed by atoms with Gasteiger partial charge in [-0.2, -0.15) is 0 Å². The van der Waals surface area contributed by atoms with Gasteiger partial charge in [0.2, 0.25) is 0 Å². The largest absolute Gasteiger partial charge is 0.338 e. The van der Waals surface area contributed by atoms with Crippen molar-refractivity contribution >= 4 is 17.5 Å². The van der Waals surface area contributed by atoms with Gasteiger partial charge in [0.25, 0.3) is 5.91 Å². The van der Waals surface area contributed by atoms with Crippen molar-refractivity contribution in [3.63, 3.8) is 0 Å². The first-order valence-electron chi connectivity index (χ1n) is 7.14. The van der Waals surface area contributed by atoms with Gasteiger partial charge in [-0.3, -0.25) is 4.79 Å². The number of amides is 1. The van der Waals surface area contributed by atoms with Crippen molar-refractivity contribution in [2.75, 3.05) is 13.1 Å². The summed E-state index contributed by atoms with van der Waals surface area (Å²) in [5, 5.41) is 8.35. The van der Waals surface area contributed by atoms with E-state index in [1.165, 1.54) is 18.2 Å². The van der Waals surface area contributed by atoms with Crippen LogP contribution in [-0.2, 0) is 7.05 Å². The maximum atomic E-state index is 13.9. The highest BCUT2D eigenvalue weighted by molar-refractivity contribution is 6.31. The Labute approximate surface area is 132 Å². The van der Waals surface area contributed by atoms with Gasteiger partial charge in [-0.05, 0) is 31.0 Å². The first-order chi connectivity index (χ1) is 10.6. The molecule has 116 valence electrons. The third-order valence-corrected chi connectivity index (χ3v) is 4.21. The first kappa shape index (κ1) is 15.0. The highest BCUT2D eigenvalue weighted by atomic mass is 35.5. The number of rotatable bonds is 2. The average Bonchev–Trinajstić information content (AvgIpc) is 2.95. The SMILES string of the molecule is Cn1cnnc1C1CCCN(C(=O)c2cc(Cl)ccc2F)C1. The fraction of sp³-hybridized carbons (Fsp3) is 0.400. The summed E-state index contributed by atoms with van der Waals surface area (Å²) < 4.78 is 15.7. The second-order valence-corrected chi connectivity index (χ2v) is 5.95. The number of likely N-dealkylation sites (tertiary alicyclic amines) is 1. The van der Waals surface area contributed by atoms with Crippen LogP contribution in [0.25, 0.3) is 0 Å². The van der Waals surface area contributed by atoms with Crippen molar-refractivity contribution < 1.29 is 9.18 Å². The van der Waals surface area contributed by atoms with E-state index in [2.05, 4.69) is 10.2 Å². The molecule has 1 atom stereocenters. The van der Waals surface area contributed by atoms with E-state index >= 15 is 0 Å². The lowest BCUT2D eigenvalue weighted by atomic mass is 9.96. The van der Waals surface area contributed by atoms with Crippen molar-refractivity contribution in [1.29, 1.82) is 0 Å². The lowest BCUT2D eigenvalue weighted by Gasteiger charge is -2.32. The molecule has 0 saturated carbocycles. The molecule has 1 amide bonds. The third kappa shape index (κ3) is 2.83. The number of hydrogen-bond donors (Lipinski definition) is 0. The van der Waals surface area contributed by atoms with Crippen LogP contribution in [0.15, 0.2) is 24.5 Å². The van der Waals surface area contributed by atoms with E-state index in [4.69, 9.17) is 11.6 Å². The summed E-state index contributed by atoms with van der Waals surface area (Å²) in [7, 11) is 1.88. The zero-order valence-electron chi connectivity index (χ0n) is 12.2. The quantitative estimate of drug-likeness (QED) is 0.854. The summed E-state index contributed by atoms with van der Waals surface area (Å²) in [4.78, 5) is 14.2. The number of carbonyl (C=O) groups excluding carboxylic acids is 1. The Morgan fingerprint density at radius 2 is 2.27 bits per heavy atom. The second kappa shape index (κ2) is 6.04. The summed E-state index contributed by atoms with van der Waals surface area (Å²) in [6, 6.07) is 4.04. The van der Waals surface area contributed by atoms with Gasteiger partial charge in [0.05, 0.1) is 5.56 Å². The number of nitrogens with zero attached hydrogens (tertiary/aromatic N) is 4. The van der Waals surface area contributed by atoms with E-state index in [-0.39, 0.29) is 17.4 Å². The number of aryl methyl sites for hydroxylation is 1. The molecular weight excluding hydrogens is 307 g/mol. The molecule has 1 aromatic heterocycles. The molecular formula is C15H16ClFN4O. The van der Waals surface area contributed by atoms with Crippen molar-refractivity contribution in [3.05, 3.63) is 46.8 Å². The Bertz CT molecular complexity index is 703. The van der Waals surface area contributed by atoms with Crippen LogP contribution >= 0.6 is 11.6 Å². The lowest BCUT2D eigenvalue weighted by Crippen LogP contribution is -2.40. The van der Waals surface area contributed by atoms with Crippen LogP contribution in [0.3, 0.4) is 0 Å². The topological polar surface area (TPSA) is 51.0 Å². The van der Waals surface area contributed by atoms with Crippen molar-refractivity contribution in [1.82, 2.24) is 19.7 Å². The van der Waals surface area contributed by atoms with Crippen LogP contribution in [0.2, 0.25) is 5.02 Å². The molecule has 1 saturated heterocycles. The van der Waals surface area contributed by atoms with Gasteiger partial charge < -0.3 is 9.47 Å². The lowest BCUT2D eigenvalue weighted by molar-refractivity contribution is 0.0698. The minimum Gasteiger partial charge on any atom is -0.338 e. The van der Waals surface area contributed by atoms with Crippen LogP contribution in [-0.4, -0.2) is 38.7 Å². The average molecular weight is 323 g/mol. The number of hydrogen-bond acceptors (Lipinski definition) is 3. The van der Waals surface area contributed by atoms with Gasteiger partial charge in [0, 0.05) is 31.1 Å². The zero-order chi connectivity index (χ0) is 15.7. The number of halogens is 2. The van der Waals surface area contributed by atoms with Crippen molar-refractivity contribution in [3.8, 4) is 0 Å². The fourth-order valence-electron chi connectivity index (χ4n) is 2.87. The monoisotopic (exact) mass is 322 g/mol. The van der Waals surface area contributed by atoms with Crippen LogP contribution in [0, 0.1) is 5.82 Å². The molecule has 3 rings (SSSR count). The van der Waals surface area contributed by atoms with Gasteiger partial charge in [0.1, 0.15) is 18.0 Å². The maximum absolute atomic E-state index is 13.9. The van der Waals surface area contributed by atoms with Crippen LogP contribution in [0.1, 0.15) is 34.9 Å². The Kier molecular flexibility index (Phi) is 4.11. The fourth-order valence-corrected chi connectivity index (χ4v) is 3.04. The van der Waals surface area contributed by atoms with Gasteiger partial charge in [-0.15, -0.1) is 10.2 Å². The highest BCUT2D eigenvalue weighted by Gasteiger charge is 2.29. The Morgan fingerprint density at radius 3 is 3.00 bits per heavy atom. The number of aromatic nitrogens is 3. The van der Waals surface area contributed by atoms with E-state index in [1.54, 1.807) is 11.2 Å². The van der Waals surface area contributed by atoms with Gasteiger partial charge in [0.15, 0.2) is 0 Å². The van der Waals surface area contributed by atoms with E-state index in [0.717, 1.165) is 18.7 Å². The first-order valence-corrected chi connectivity index (χ1v) is 7.52. The number of benzene rings is 1. The van der Waals surface area contributed by atoms with Gasteiger partial charge >= 0.3 is 0 Å². The molecule has 0 N–H and O–H groups in total. The molecule has 0 radical (unpaired) electrons. The molecule has 22 heavy (non-hydrogen) atoms. The summed E-state index contributed by atoms with van der Waals surface area (Å²) in [5.41, 5.74) is 0.0196. The molecule has 1 aliphatic heterocycles. The molecule has 1 aliphatic rings.